The Balaban J connectivity index is 1.14. The van der Waals surface area contributed by atoms with Gasteiger partial charge in [0.25, 0.3) is 11.4 Å². The van der Waals surface area contributed by atoms with E-state index in [0.29, 0.717) is 44.3 Å². The van der Waals surface area contributed by atoms with E-state index in [9.17, 15) is 20.2 Å². The Hall–Kier alpha value is -7.46. The van der Waals surface area contributed by atoms with Crippen molar-refractivity contribution in [1.29, 1.82) is 0 Å². The zero-order chi connectivity index (χ0) is 40.2. The zero-order valence-electron chi connectivity index (χ0n) is 30.3. The number of aromatic nitrogens is 12. The van der Waals surface area contributed by atoms with Crippen LogP contribution >= 0.6 is 21.6 Å². The lowest BCUT2D eigenvalue weighted by Crippen LogP contribution is -2.04. The maximum atomic E-state index is 11.1. The number of rotatable bonds is 15. The molecule has 0 fully saturated rings. The van der Waals surface area contributed by atoms with Crippen molar-refractivity contribution in [2.45, 2.75) is 23.1 Å². The summed E-state index contributed by atoms with van der Waals surface area (Å²) in [5.41, 5.74) is 4.15. The van der Waals surface area contributed by atoms with Gasteiger partial charge in [-0.2, -0.15) is 19.8 Å². The summed E-state index contributed by atoms with van der Waals surface area (Å²) in [5, 5.41) is 59.5. The predicted molar refractivity (Wildman–Crippen MR) is 210 cm³/mol. The van der Waals surface area contributed by atoms with E-state index in [1.165, 1.54) is 55.4 Å². The van der Waals surface area contributed by atoms with Crippen molar-refractivity contribution in [1.82, 2.24) is 60.0 Å². The van der Waals surface area contributed by atoms with Gasteiger partial charge in [0.1, 0.15) is 21.6 Å². The van der Waals surface area contributed by atoms with Gasteiger partial charge in [-0.25, -0.2) is 9.36 Å². The summed E-state index contributed by atoms with van der Waals surface area (Å²) >= 11 is 0. The fourth-order valence-electron chi connectivity index (χ4n) is 5.64. The maximum Gasteiger partial charge on any atom is 0.269 e. The van der Waals surface area contributed by atoms with Gasteiger partial charge in [0.05, 0.1) is 72.1 Å². The third kappa shape index (κ3) is 7.94. The number of hydrogen-bond donors (Lipinski definition) is 0. The molecule has 0 saturated heterocycles. The van der Waals surface area contributed by atoms with E-state index in [0.717, 1.165) is 22.5 Å². The number of nitro groups is 2. The number of non-ortho nitro benzene ring substituents is 2. The SMILES string of the molecule is COc1ccc(-n2ncc(-c3nnn(Cc4ccc([N+](=O)[O-])cc4)n3)c2SSc2c(-c3nnn(Cc4ccc([N+](=O)[O-])cc4)n3)cnn2-c2ccc(OC)cc2)cc1. The molecule has 22 heteroatoms. The molecule has 4 aromatic carbocycles. The summed E-state index contributed by atoms with van der Waals surface area (Å²) < 4.78 is 14.3. The molecular formula is C36H28N14O6S2. The van der Waals surface area contributed by atoms with Crippen LogP contribution < -0.4 is 9.47 Å². The smallest absolute Gasteiger partial charge is 0.269 e. The fraction of sp³-hybridized carbons (Fsp3) is 0.111. The van der Waals surface area contributed by atoms with E-state index in [-0.39, 0.29) is 24.5 Å². The van der Waals surface area contributed by atoms with Crippen LogP contribution in [0.25, 0.3) is 34.2 Å². The summed E-state index contributed by atoms with van der Waals surface area (Å²) in [6, 6.07) is 27.1. The second-order valence-corrected chi connectivity index (χ2v) is 14.4. The zero-order valence-corrected chi connectivity index (χ0v) is 32.0. The highest BCUT2D eigenvalue weighted by Gasteiger charge is 2.24. The van der Waals surface area contributed by atoms with Gasteiger partial charge in [0.2, 0.25) is 11.6 Å². The van der Waals surface area contributed by atoms with Crippen LogP contribution in [0.3, 0.4) is 0 Å². The Morgan fingerprint density at radius 2 is 0.948 bits per heavy atom. The molecule has 0 aliphatic rings. The van der Waals surface area contributed by atoms with Crippen molar-refractivity contribution in [2.75, 3.05) is 14.2 Å². The molecule has 20 nitrogen and oxygen atoms in total. The first-order valence-electron chi connectivity index (χ1n) is 17.1. The van der Waals surface area contributed by atoms with Gasteiger partial charge >= 0.3 is 0 Å². The number of nitrogens with zero attached hydrogens (tertiary/aromatic N) is 14. The molecule has 0 atom stereocenters. The van der Waals surface area contributed by atoms with Gasteiger partial charge < -0.3 is 9.47 Å². The lowest BCUT2D eigenvalue weighted by atomic mass is 10.2. The molecule has 4 aromatic heterocycles. The van der Waals surface area contributed by atoms with Crippen molar-refractivity contribution in [2.24, 2.45) is 0 Å². The first-order valence-corrected chi connectivity index (χ1v) is 19.2. The quantitative estimate of drug-likeness (QED) is 0.0647. The highest BCUT2D eigenvalue weighted by atomic mass is 33.1. The lowest BCUT2D eigenvalue weighted by Gasteiger charge is -2.11. The van der Waals surface area contributed by atoms with Crippen LogP contribution in [0.4, 0.5) is 11.4 Å². The third-order valence-electron chi connectivity index (χ3n) is 8.61. The summed E-state index contributed by atoms with van der Waals surface area (Å²) in [4.78, 5) is 24.2. The molecule has 0 saturated carbocycles. The Bertz CT molecular complexity index is 2530. The van der Waals surface area contributed by atoms with Gasteiger partial charge in [-0.3, -0.25) is 20.2 Å². The van der Waals surface area contributed by atoms with E-state index in [2.05, 4.69) is 30.8 Å². The van der Waals surface area contributed by atoms with Crippen LogP contribution in [0.15, 0.2) is 120 Å². The predicted octanol–water partition coefficient (Wildman–Crippen LogP) is 6.09. The molecular weight excluding hydrogens is 789 g/mol. The summed E-state index contributed by atoms with van der Waals surface area (Å²) in [6.45, 7) is 0.467. The number of methoxy groups -OCH3 is 2. The maximum absolute atomic E-state index is 11.1. The summed E-state index contributed by atoms with van der Waals surface area (Å²) in [7, 11) is 5.94. The molecule has 0 unspecified atom stereocenters. The van der Waals surface area contributed by atoms with Crippen LogP contribution in [0.2, 0.25) is 0 Å². The average molecular weight is 817 g/mol. The van der Waals surface area contributed by atoms with Gasteiger partial charge in [0.15, 0.2) is 0 Å². The number of nitro benzene ring substituents is 2. The highest BCUT2D eigenvalue weighted by Crippen LogP contribution is 2.46. The summed E-state index contributed by atoms with van der Waals surface area (Å²) in [5.74, 6) is 1.98. The van der Waals surface area contributed by atoms with E-state index in [1.807, 2.05) is 48.5 Å². The molecule has 8 aromatic rings. The number of tetrazole rings is 2. The Morgan fingerprint density at radius 3 is 1.29 bits per heavy atom. The van der Waals surface area contributed by atoms with Crippen LogP contribution in [-0.2, 0) is 13.1 Å². The molecule has 0 spiro atoms. The largest absolute Gasteiger partial charge is 0.497 e. The van der Waals surface area contributed by atoms with Crippen LogP contribution in [-0.4, -0.2) is 84.0 Å². The minimum atomic E-state index is -0.454. The van der Waals surface area contributed by atoms with Crippen molar-refractivity contribution >= 4 is 33.0 Å². The highest BCUT2D eigenvalue weighted by molar-refractivity contribution is 8.76. The third-order valence-corrected chi connectivity index (χ3v) is 11.0. The van der Waals surface area contributed by atoms with E-state index in [1.54, 1.807) is 60.2 Å². The minimum absolute atomic E-state index is 0.0137. The van der Waals surface area contributed by atoms with E-state index >= 15 is 0 Å². The molecule has 0 bridgehead atoms. The molecule has 290 valence electrons. The second-order valence-electron chi connectivity index (χ2n) is 12.2. The lowest BCUT2D eigenvalue weighted by molar-refractivity contribution is -0.385. The molecule has 8 rings (SSSR count). The molecule has 0 aliphatic heterocycles. The number of ether oxygens (including phenoxy) is 2. The van der Waals surface area contributed by atoms with Gasteiger partial charge in [-0.1, -0.05) is 24.3 Å². The van der Waals surface area contributed by atoms with Crippen molar-refractivity contribution in [3.8, 4) is 45.6 Å². The molecule has 0 amide bonds. The topological polar surface area (TPSA) is 228 Å². The first kappa shape index (κ1) is 37.5. The van der Waals surface area contributed by atoms with Gasteiger partial charge in [-0.15, -0.1) is 20.4 Å². The number of hydrogen-bond acceptors (Lipinski definition) is 16. The monoisotopic (exact) mass is 816 g/mol. The Labute approximate surface area is 335 Å². The number of benzene rings is 4. The molecule has 4 heterocycles. The van der Waals surface area contributed by atoms with E-state index < -0.39 is 9.85 Å². The normalized spacial score (nSPS) is 11.1. The standard InChI is InChI=1S/C36H28N14O6S2/c1-55-29-15-11-25(12-16-29)47-35(31(19-37-47)33-39-43-45(41-33)21-23-3-7-27(8-4-23)49(51)52)57-58-36-32(20-38-48(36)26-13-17-30(56-2)18-14-26)34-40-44-46(42-34)22-24-5-9-28(10-6-24)50(53)54/h3-20H,21-22H2,1-2H3. The molecule has 0 N–H and O–H groups in total. The Morgan fingerprint density at radius 1 is 0.569 bits per heavy atom. The Kier molecular flexibility index (Phi) is 10.5. The van der Waals surface area contributed by atoms with Crippen molar-refractivity contribution in [3.05, 3.63) is 141 Å². The second kappa shape index (κ2) is 16.3. The van der Waals surface area contributed by atoms with Crippen molar-refractivity contribution in [3.63, 3.8) is 0 Å². The van der Waals surface area contributed by atoms with Gasteiger partial charge in [-0.05, 0) is 91.7 Å². The average Bonchev–Trinajstić information content (AvgIpc) is 4.07. The molecule has 0 radical (unpaired) electrons. The van der Waals surface area contributed by atoms with Crippen LogP contribution in [0.1, 0.15) is 11.1 Å². The summed E-state index contributed by atoms with van der Waals surface area (Å²) in [6.07, 6.45) is 3.32. The van der Waals surface area contributed by atoms with Gasteiger partial charge in [0, 0.05) is 24.3 Å². The molecule has 58 heavy (non-hydrogen) atoms. The molecule has 0 aliphatic carbocycles. The van der Waals surface area contributed by atoms with Crippen molar-refractivity contribution < 1.29 is 19.3 Å². The van der Waals surface area contributed by atoms with Crippen LogP contribution in [0.5, 0.6) is 11.5 Å². The minimum Gasteiger partial charge on any atom is -0.497 e. The fourth-order valence-corrected chi connectivity index (χ4v) is 8.15. The first-order chi connectivity index (χ1) is 28.3. The van der Waals surface area contributed by atoms with E-state index in [4.69, 9.17) is 19.7 Å². The van der Waals surface area contributed by atoms with Crippen LogP contribution in [0, 0.1) is 20.2 Å².